The van der Waals surface area contributed by atoms with Crippen LogP contribution in [0.3, 0.4) is 0 Å². The Bertz CT molecular complexity index is 363. The van der Waals surface area contributed by atoms with Crippen LogP contribution in [0.2, 0.25) is 0 Å². The fourth-order valence-electron chi connectivity index (χ4n) is 1.36. The summed E-state index contributed by atoms with van der Waals surface area (Å²) in [4.78, 5) is 5.09. The summed E-state index contributed by atoms with van der Waals surface area (Å²) in [6.45, 7) is 5.19. The summed E-state index contributed by atoms with van der Waals surface area (Å²) in [6, 6.07) is 0.290. The van der Waals surface area contributed by atoms with Crippen molar-refractivity contribution >= 4 is 6.01 Å². The maximum Gasteiger partial charge on any atom is 0.406 e. The van der Waals surface area contributed by atoms with E-state index < -0.39 is 12.7 Å². The van der Waals surface area contributed by atoms with Gasteiger partial charge in [-0.05, 0) is 6.92 Å². The molecule has 1 aromatic rings. The highest BCUT2D eigenvalue weighted by Gasteiger charge is 2.31. The first-order valence-electron chi connectivity index (χ1n) is 5.81. The SMILES string of the molecule is CCN(CC(F)(F)F)c1nc(CNC(C)C)co1. The summed E-state index contributed by atoms with van der Waals surface area (Å²) in [5, 5.41) is 3.12. The first-order chi connectivity index (χ1) is 8.31. The van der Waals surface area contributed by atoms with Crippen LogP contribution in [0.25, 0.3) is 0 Å². The molecule has 0 aromatic carbocycles. The van der Waals surface area contributed by atoms with Gasteiger partial charge >= 0.3 is 6.18 Å². The number of nitrogens with zero attached hydrogens (tertiary/aromatic N) is 2. The van der Waals surface area contributed by atoms with Crippen LogP contribution in [0.5, 0.6) is 0 Å². The van der Waals surface area contributed by atoms with Crippen molar-refractivity contribution in [2.24, 2.45) is 0 Å². The predicted octanol–water partition coefficient (Wildman–Crippen LogP) is 2.56. The van der Waals surface area contributed by atoms with Gasteiger partial charge in [0.15, 0.2) is 0 Å². The minimum Gasteiger partial charge on any atom is -0.432 e. The molecule has 7 heteroatoms. The number of halogens is 3. The van der Waals surface area contributed by atoms with Crippen molar-refractivity contribution in [2.75, 3.05) is 18.0 Å². The Balaban J connectivity index is 2.64. The van der Waals surface area contributed by atoms with Crippen LogP contribution in [0.1, 0.15) is 26.5 Å². The Hall–Kier alpha value is -1.24. The number of aromatic nitrogens is 1. The van der Waals surface area contributed by atoms with E-state index >= 15 is 0 Å². The van der Waals surface area contributed by atoms with Crippen LogP contribution in [-0.4, -0.2) is 30.3 Å². The average Bonchev–Trinajstić information content (AvgIpc) is 2.70. The topological polar surface area (TPSA) is 41.3 Å². The highest BCUT2D eigenvalue weighted by molar-refractivity contribution is 5.27. The number of anilines is 1. The molecular weight excluding hydrogens is 247 g/mol. The fourth-order valence-corrected chi connectivity index (χ4v) is 1.36. The second-order valence-corrected chi connectivity index (χ2v) is 4.29. The molecule has 0 unspecified atom stereocenters. The third-order valence-corrected chi connectivity index (χ3v) is 2.25. The molecule has 104 valence electrons. The molecule has 0 fully saturated rings. The largest absolute Gasteiger partial charge is 0.432 e. The quantitative estimate of drug-likeness (QED) is 0.858. The van der Waals surface area contributed by atoms with Gasteiger partial charge in [0.2, 0.25) is 0 Å². The van der Waals surface area contributed by atoms with Crippen molar-refractivity contribution in [1.29, 1.82) is 0 Å². The van der Waals surface area contributed by atoms with Crippen LogP contribution in [0.15, 0.2) is 10.7 Å². The van der Waals surface area contributed by atoms with E-state index in [1.165, 1.54) is 6.26 Å². The summed E-state index contributed by atoms with van der Waals surface area (Å²) in [5.74, 6) is 0. The van der Waals surface area contributed by atoms with Gasteiger partial charge in [-0.15, -0.1) is 0 Å². The molecule has 18 heavy (non-hydrogen) atoms. The van der Waals surface area contributed by atoms with E-state index in [1.807, 2.05) is 13.8 Å². The number of hydrogen-bond acceptors (Lipinski definition) is 4. The summed E-state index contributed by atoms with van der Waals surface area (Å²) >= 11 is 0. The number of hydrogen-bond donors (Lipinski definition) is 1. The molecule has 0 saturated carbocycles. The Morgan fingerprint density at radius 1 is 1.44 bits per heavy atom. The van der Waals surface area contributed by atoms with E-state index in [9.17, 15) is 13.2 Å². The lowest BCUT2D eigenvalue weighted by atomic mass is 10.4. The minimum atomic E-state index is -4.26. The van der Waals surface area contributed by atoms with E-state index in [0.29, 0.717) is 12.2 Å². The molecule has 0 saturated heterocycles. The van der Waals surface area contributed by atoms with Gasteiger partial charge in [-0.25, -0.2) is 0 Å². The van der Waals surface area contributed by atoms with Gasteiger partial charge in [0.25, 0.3) is 6.01 Å². The van der Waals surface area contributed by atoms with Crippen LogP contribution in [0.4, 0.5) is 19.2 Å². The molecule has 0 radical (unpaired) electrons. The van der Waals surface area contributed by atoms with Crippen LogP contribution in [-0.2, 0) is 6.54 Å². The number of rotatable bonds is 6. The molecule has 0 spiro atoms. The Morgan fingerprint density at radius 3 is 2.61 bits per heavy atom. The van der Waals surface area contributed by atoms with Gasteiger partial charge in [0, 0.05) is 19.1 Å². The zero-order valence-corrected chi connectivity index (χ0v) is 10.7. The summed E-state index contributed by atoms with van der Waals surface area (Å²) in [6.07, 6.45) is -2.88. The first-order valence-corrected chi connectivity index (χ1v) is 5.81. The molecule has 1 aromatic heterocycles. The smallest absolute Gasteiger partial charge is 0.406 e. The monoisotopic (exact) mass is 265 g/mol. The van der Waals surface area contributed by atoms with Gasteiger partial charge in [-0.1, -0.05) is 13.8 Å². The van der Waals surface area contributed by atoms with Gasteiger partial charge in [-0.3, -0.25) is 0 Å². The highest BCUT2D eigenvalue weighted by Crippen LogP contribution is 2.21. The summed E-state index contributed by atoms with van der Waals surface area (Å²) < 4.78 is 42.0. The normalized spacial score (nSPS) is 12.2. The molecule has 0 aliphatic rings. The summed E-state index contributed by atoms with van der Waals surface area (Å²) in [7, 11) is 0. The van der Waals surface area contributed by atoms with Crippen LogP contribution >= 0.6 is 0 Å². The molecule has 0 bridgehead atoms. The lowest BCUT2D eigenvalue weighted by Gasteiger charge is -2.19. The van der Waals surface area contributed by atoms with E-state index in [4.69, 9.17) is 4.42 Å². The molecule has 0 atom stereocenters. The van der Waals surface area contributed by atoms with E-state index in [0.717, 1.165) is 4.90 Å². The van der Waals surface area contributed by atoms with Crippen LogP contribution < -0.4 is 10.2 Å². The summed E-state index contributed by atoms with van der Waals surface area (Å²) in [5.41, 5.74) is 0.597. The van der Waals surface area contributed by atoms with Crippen molar-refractivity contribution in [3.05, 3.63) is 12.0 Å². The predicted molar refractivity (Wildman–Crippen MR) is 62.4 cm³/mol. The zero-order valence-electron chi connectivity index (χ0n) is 10.7. The molecule has 0 aliphatic carbocycles. The average molecular weight is 265 g/mol. The maximum absolute atomic E-state index is 12.3. The zero-order chi connectivity index (χ0) is 13.8. The number of nitrogens with one attached hydrogen (secondary N) is 1. The minimum absolute atomic E-state index is 0.00961. The third kappa shape index (κ3) is 4.95. The Morgan fingerprint density at radius 2 is 2.11 bits per heavy atom. The standard InChI is InChI=1S/C11H18F3N3O/c1-4-17(7-11(12,13)14)10-16-9(6-18-10)5-15-8(2)3/h6,8,15H,4-5,7H2,1-3H3. The second-order valence-electron chi connectivity index (χ2n) is 4.29. The van der Waals surface area contributed by atoms with E-state index in [1.54, 1.807) is 6.92 Å². The van der Waals surface area contributed by atoms with Gasteiger partial charge in [0.05, 0.1) is 5.69 Å². The van der Waals surface area contributed by atoms with Crippen molar-refractivity contribution in [2.45, 2.75) is 39.5 Å². The van der Waals surface area contributed by atoms with Gasteiger partial charge in [0.1, 0.15) is 12.8 Å². The van der Waals surface area contributed by atoms with Gasteiger partial charge < -0.3 is 14.6 Å². The Kier molecular flexibility index (Phi) is 5.01. The Labute approximate surface area is 104 Å². The molecule has 0 aliphatic heterocycles. The molecular formula is C11H18F3N3O. The second kappa shape index (κ2) is 6.08. The first kappa shape index (κ1) is 14.8. The molecule has 1 heterocycles. The van der Waals surface area contributed by atoms with Gasteiger partial charge in [-0.2, -0.15) is 18.2 Å². The third-order valence-electron chi connectivity index (χ3n) is 2.25. The van der Waals surface area contributed by atoms with Crippen molar-refractivity contribution in [1.82, 2.24) is 10.3 Å². The number of oxazole rings is 1. The van der Waals surface area contributed by atoms with E-state index in [2.05, 4.69) is 10.3 Å². The van der Waals surface area contributed by atoms with Crippen molar-refractivity contribution in [3.8, 4) is 0 Å². The van der Waals surface area contributed by atoms with E-state index in [-0.39, 0.29) is 18.6 Å². The van der Waals surface area contributed by atoms with Crippen molar-refractivity contribution < 1.29 is 17.6 Å². The molecule has 0 amide bonds. The van der Waals surface area contributed by atoms with Crippen molar-refractivity contribution in [3.63, 3.8) is 0 Å². The molecule has 4 nitrogen and oxygen atoms in total. The number of alkyl halides is 3. The molecule has 1 rings (SSSR count). The fraction of sp³-hybridized carbons (Fsp3) is 0.727. The highest BCUT2D eigenvalue weighted by atomic mass is 19.4. The maximum atomic E-state index is 12.3. The van der Waals surface area contributed by atoms with Crippen LogP contribution in [0, 0.1) is 0 Å². The lowest BCUT2D eigenvalue weighted by molar-refractivity contribution is -0.120. The molecule has 1 N–H and O–H groups in total. The lowest BCUT2D eigenvalue weighted by Crippen LogP contribution is -2.34.